The highest BCUT2D eigenvalue weighted by Crippen LogP contribution is 2.19. The molecule has 0 fully saturated rings. The average Bonchev–Trinajstić information content (AvgIpc) is 2.75. The van der Waals surface area contributed by atoms with Crippen LogP contribution in [0.2, 0.25) is 0 Å². The number of methoxy groups -OCH3 is 2. The van der Waals surface area contributed by atoms with Crippen molar-refractivity contribution in [1.82, 2.24) is 15.1 Å². The molecule has 0 saturated carbocycles. The van der Waals surface area contributed by atoms with Crippen molar-refractivity contribution in [2.75, 3.05) is 20.8 Å². The summed E-state index contributed by atoms with van der Waals surface area (Å²) in [6.45, 7) is 0.602. The molecule has 0 radical (unpaired) electrons. The largest absolute Gasteiger partial charge is 0.497 e. The van der Waals surface area contributed by atoms with Gasteiger partial charge < -0.3 is 14.8 Å². The maximum atomic E-state index is 12.1. The molecule has 0 saturated heterocycles. The molecular weight excluding hydrogens is 370 g/mol. The fourth-order valence-corrected chi connectivity index (χ4v) is 2.82. The number of hydrogen-bond donors (Lipinski definition) is 1. The molecule has 1 aromatic heterocycles. The summed E-state index contributed by atoms with van der Waals surface area (Å²) in [5, 5.41) is 7.22. The minimum Gasteiger partial charge on any atom is -0.497 e. The van der Waals surface area contributed by atoms with E-state index in [1.165, 1.54) is 10.7 Å². The van der Waals surface area contributed by atoms with Gasteiger partial charge in [-0.05, 0) is 48.0 Å². The number of aromatic nitrogens is 2. The summed E-state index contributed by atoms with van der Waals surface area (Å²) < 4.78 is 11.6. The van der Waals surface area contributed by atoms with Crippen molar-refractivity contribution in [3.8, 4) is 22.8 Å². The summed E-state index contributed by atoms with van der Waals surface area (Å²) in [4.78, 5) is 24.2. The molecule has 0 atom stereocenters. The van der Waals surface area contributed by atoms with E-state index in [0.717, 1.165) is 22.6 Å². The summed E-state index contributed by atoms with van der Waals surface area (Å²) >= 11 is 0. The van der Waals surface area contributed by atoms with Crippen LogP contribution >= 0.6 is 0 Å². The van der Waals surface area contributed by atoms with Gasteiger partial charge in [-0.2, -0.15) is 5.10 Å². The van der Waals surface area contributed by atoms with Gasteiger partial charge in [-0.15, -0.1) is 0 Å². The average molecular weight is 393 g/mol. The van der Waals surface area contributed by atoms with E-state index in [2.05, 4.69) is 10.4 Å². The fraction of sp³-hybridized carbons (Fsp3) is 0.227. The maximum Gasteiger partial charge on any atom is 0.266 e. The molecule has 1 heterocycles. The number of nitrogens with zero attached hydrogens (tertiary/aromatic N) is 2. The number of nitrogens with one attached hydrogen (secondary N) is 1. The summed E-state index contributed by atoms with van der Waals surface area (Å²) in [6.07, 6.45) is 0.262. The zero-order chi connectivity index (χ0) is 20.6. The molecule has 3 aromatic rings. The highest BCUT2D eigenvalue weighted by molar-refractivity contribution is 5.78. The van der Waals surface area contributed by atoms with Gasteiger partial charge in [-0.1, -0.05) is 12.1 Å². The Morgan fingerprint density at radius 1 is 0.931 bits per heavy atom. The fourth-order valence-electron chi connectivity index (χ4n) is 2.82. The quantitative estimate of drug-likeness (QED) is 0.635. The number of ether oxygens (including phenoxy) is 2. The molecule has 150 valence electrons. The lowest BCUT2D eigenvalue weighted by Crippen LogP contribution is -2.32. The second-order valence-electron chi connectivity index (χ2n) is 6.38. The third-order valence-electron chi connectivity index (χ3n) is 4.42. The van der Waals surface area contributed by atoms with Gasteiger partial charge in [0.05, 0.1) is 32.9 Å². The van der Waals surface area contributed by atoms with Crippen molar-refractivity contribution in [3.63, 3.8) is 0 Å². The predicted octanol–water partition coefficient (Wildman–Crippen LogP) is 2.29. The van der Waals surface area contributed by atoms with E-state index >= 15 is 0 Å². The second kappa shape index (κ2) is 9.54. The first-order chi connectivity index (χ1) is 14.1. The Kier molecular flexibility index (Phi) is 6.63. The van der Waals surface area contributed by atoms with Crippen LogP contribution in [-0.2, 0) is 17.8 Å². The Balaban J connectivity index is 1.58. The molecule has 7 heteroatoms. The van der Waals surface area contributed by atoms with Crippen LogP contribution in [0.4, 0.5) is 0 Å². The summed E-state index contributed by atoms with van der Waals surface area (Å²) in [5.41, 5.74) is 2.23. The minimum absolute atomic E-state index is 0.116. The van der Waals surface area contributed by atoms with E-state index in [1.54, 1.807) is 20.3 Å². The third kappa shape index (κ3) is 5.44. The lowest BCUT2D eigenvalue weighted by atomic mass is 10.1. The Morgan fingerprint density at radius 2 is 1.55 bits per heavy atom. The van der Waals surface area contributed by atoms with Crippen molar-refractivity contribution in [2.45, 2.75) is 13.0 Å². The molecule has 1 N–H and O–H groups in total. The van der Waals surface area contributed by atoms with Crippen LogP contribution in [0.1, 0.15) is 5.56 Å². The van der Waals surface area contributed by atoms with E-state index in [4.69, 9.17) is 9.47 Å². The van der Waals surface area contributed by atoms with E-state index < -0.39 is 0 Å². The first-order valence-corrected chi connectivity index (χ1v) is 9.21. The van der Waals surface area contributed by atoms with Crippen LogP contribution < -0.4 is 20.3 Å². The van der Waals surface area contributed by atoms with Crippen LogP contribution in [0.3, 0.4) is 0 Å². The van der Waals surface area contributed by atoms with Gasteiger partial charge in [0.15, 0.2) is 0 Å². The first-order valence-electron chi connectivity index (χ1n) is 9.21. The zero-order valence-corrected chi connectivity index (χ0v) is 16.4. The molecule has 2 aromatic carbocycles. The Hall–Kier alpha value is -3.61. The number of amides is 1. The topological polar surface area (TPSA) is 82.4 Å². The van der Waals surface area contributed by atoms with Crippen molar-refractivity contribution >= 4 is 5.91 Å². The molecule has 0 aliphatic rings. The molecule has 0 aliphatic carbocycles. The second-order valence-corrected chi connectivity index (χ2v) is 6.38. The van der Waals surface area contributed by atoms with Crippen molar-refractivity contribution < 1.29 is 14.3 Å². The molecule has 29 heavy (non-hydrogen) atoms. The Morgan fingerprint density at radius 3 is 2.17 bits per heavy atom. The zero-order valence-electron chi connectivity index (χ0n) is 16.4. The first kappa shape index (κ1) is 20.1. The SMILES string of the molecule is COc1ccc(CC(=O)NCCn2nc(-c3ccc(OC)cc3)ccc2=O)cc1. The molecule has 0 unspecified atom stereocenters. The number of carbonyl (C=O) groups is 1. The molecule has 0 spiro atoms. The van der Waals surface area contributed by atoms with E-state index in [-0.39, 0.29) is 24.4 Å². The summed E-state index contributed by atoms with van der Waals surface area (Å²) in [5.74, 6) is 1.38. The summed E-state index contributed by atoms with van der Waals surface area (Å²) in [6, 6.07) is 17.9. The van der Waals surface area contributed by atoms with Crippen LogP contribution in [-0.4, -0.2) is 36.5 Å². The van der Waals surface area contributed by atoms with Crippen molar-refractivity contribution in [2.24, 2.45) is 0 Å². The van der Waals surface area contributed by atoms with E-state index in [0.29, 0.717) is 12.2 Å². The van der Waals surface area contributed by atoms with Crippen LogP contribution in [0.5, 0.6) is 11.5 Å². The molecule has 7 nitrogen and oxygen atoms in total. The molecular formula is C22H23N3O4. The lowest BCUT2D eigenvalue weighted by Gasteiger charge is -2.09. The Bertz CT molecular complexity index is 1010. The van der Waals surface area contributed by atoms with Gasteiger partial charge in [0.25, 0.3) is 5.56 Å². The van der Waals surface area contributed by atoms with Gasteiger partial charge in [-0.3, -0.25) is 9.59 Å². The van der Waals surface area contributed by atoms with E-state index in [1.807, 2.05) is 48.5 Å². The van der Waals surface area contributed by atoms with Gasteiger partial charge in [0, 0.05) is 18.2 Å². The maximum absolute atomic E-state index is 12.1. The van der Waals surface area contributed by atoms with Crippen molar-refractivity contribution in [3.05, 3.63) is 76.6 Å². The standard InChI is InChI=1S/C22H23N3O4/c1-28-18-7-3-16(4-8-18)15-21(26)23-13-14-25-22(27)12-11-20(24-25)17-5-9-19(29-2)10-6-17/h3-12H,13-15H2,1-2H3,(H,23,26). The highest BCUT2D eigenvalue weighted by Gasteiger charge is 2.06. The number of benzene rings is 2. The van der Waals surface area contributed by atoms with Crippen molar-refractivity contribution in [1.29, 1.82) is 0 Å². The number of rotatable bonds is 8. The monoisotopic (exact) mass is 393 g/mol. The van der Waals surface area contributed by atoms with Crippen LogP contribution in [0.25, 0.3) is 11.3 Å². The van der Waals surface area contributed by atoms with Gasteiger partial charge in [-0.25, -0.2) is 4.68 Å². The van der Waals surface area contributed by atoms with Gasteiger partial charge >= 0.3 is 0 Å². The van der Waals surface area contributed by atoms with Gasteiger partial charge in [0.2, 0.25) is 5.91 Å². The highest BCUT2D eigenvalue weighted by atomic mass is 16.5. The minimum atomic E-state index is -0.216. The molecule has 1 amide bonds. The molecule has 0 aliphatic heterocycles. The summed E-state index contributed by atoms with van der Waals surface area (Å²) in [7, 11) is 3.21. The van der Waals surface area contributed by atoms with Crippen LogP contribution in [0.15, 0.2) is 65.5 Å². The lowest BCUT2D eigenvalue weighted by molar-refractivity contribution is -0.120. The van der Waals surface area contributed by atoms with Gasteiger partial charge in [0.1, 0.15) is 11.5 Å². The Labute approximate surface area is 168 Å². The van der Waals surface area contributed by atoms with E-state index in [9.17, 15) is 9.59 Å². The molecule has 0 bridgehead atoms. The molecule has 3 rings (SSSR count). The normalized spacial score (nSPS) is 10.4. The third-order valence-corrected chi connectivity index (χ3v) is 4.42. The smallest absolute Gasteiger partial charge is 0.266 e. The number of hydrogen-bond acceptors (Lipinski definition) is 5. The van der Waals surface area contributed by atoms with Crippen LogP contribution in [0, 0.1) is 0 Å². The number of carbonyl (C=O) groups excluding carboxylic acids is 1. The predicted molar refractivity (Wildman–Crippen MR) is 110 cm³/mol.